The van der Waals surface area contributed by atoms with Crippen molar-refractivity contribution >= 4 is 16.4 Å². The van der Waals surface area contributed by atoms with E-state index in [0.717, 1.165) is 25.7 Å². The average Bonchev–Trinajstić information content (AvgIpc) is 2.41. The smallest absolute Gasteiger partial charge is 0.266 e. The van der Waals surface area contributed by atoms with E-state index in [1.165, 1.54) is 19.3 Å². The Balaban J connectivity index is 2.23. The van der Waals surface area contributed by atoms with Crippen LogP contribution in [-0.2, 0) is 4.43 Å². The van der Waals surface area contributed by atoms with Gasteiger partial charge in [0.05, 0.1) is 6.10 Å². The van der Waals surface area contributed by atoms with E-state index < -0.39 is 16.4 Å². The van der Waals surface area contributed by atoms with Gasteiger partial charge >= 0.3 is 0 Å². The van der Waals surface area contributed by atoms with Gasteiger partial charge in [0.2, 0.25) is 0 Å². The standard InChI is InChI=1S/C19H32OSi2/c1-21(2,3)17-13-8-6-7-9-14-18-22(4,5)20-19-15-11-10-12-16-19/h11,15,19H,6-10,12,16H2,1-5H3/t19-/m1/s1. The predicted molar refractivity (Wildman–Crippen MR) is 103 cm³/mol. The van der Waals surface area contributed by atoms with Crippen molar-refractivity contribution in [1.82, 2.24) is 0 Å². The molecule has 122 valence electrons. The number of allylic oxidation sites excluding steroid dienone is 1. The molecule has 1 atom stereocenters. The summed E-state index contributed by atoms with van der Waals surface area (Å²) >= 11 is 0. The first-order valence-corrected chi connectivity index (χ1v) is 15.0. The maximum absolute atomic E-state index is 6.22. The van der Waals surface area contributed by atoms with Crippen LogP contribution in [0.15, 0.2) is 12.2 Å². The number of hydrogen-bond acceptors (Lipinski definition) is 1. The van der Waals surface area contributed by atoms with Gasteiger partial charge in [-0.1, -0.05) is 37.3 Å². The van der Waals surface area contributed by atoms with E-state index in [1.54, 1.807) is 0 Å². The maximum Gasteiger partial charge on any atom is 0.266 e. The Morgan fingerprint density at radius 3 is 2.18 bits per heavy atom. The molecular weight excluding hydrogens is 300 g/mol. The molecular formula is C19H32OSi2. The molecule has 1 aliphatic carbocycles. The second kappa shape index (κ2) is 9.41. The summed E-state index contributed by atoms with van der Waals surface area (Å²) in [6, 6.07) is 0. The molecule has 0 spiro atoms. The van der Waals surface area contributed by atoms with Crippen LogP contribution >= 0.6 is 0 Å². The third-order valence-corrected chi connectivity index (χ3v) is 5.96. The first kappa shape index (κ1) is 19.3. The van der Waals surface area contributed by atoms with E-state index in [1.807, 2.05) is 0 Å². The summed E-state index contributed by atoms with van der Waals surface area (Å²) in [5.41, 5.74) is 6.84. The fourth-order valence-corrected chi connectivity index (χ4v) is 4.54. The molecule has 0 aromatic rings. The molecule has 0 aromatic heterocycles. The van der Waals surface area contributed by atoms with Gasteiger partial charge in [0.15, 0.2) is 0 Å². The highest BCUT2D eigenvalue weighted by atomic mass is 28.4. The first-order valence-electron chi connectivity index (χ1n) is 8.63. The van der Waals surface area contributed by atoms with Gasteiger partial charge in [-0.05, 0) is 45.2 Å². The van der Waals surface area contributed by atoms with Crippen LogP contribution < -0.4 is 0 Å². The van der Waals surface area contributed by atoms with Crippen LogP contribution in [0.3, 0.4) is 0 Å². The van der Waals surface area contributed by atoms with E-state index in [2.05, 4.69) is 67.8 Å². The van der Waals surface area contributed by atoms with E-state index in [0.29, 0.717) is 6.10 Å². The summed E-state index contributed by atoms with van der Waals surface area (Å²) in [6.07, 6.45) is 12.7. The molecule has 0 saturated carbocycles. The van der Waals surface area contributed by atoms with Crippen LogP contribution in [0.5, 0.6) is 0 Å². The molecule has 1 aliphatic rings. The lowest BCUT2D eigenvalue weighted by atomic mass is 10.1. The maximum atomic E-state index is 6.22. The normalized spacial score (nSPS) is 18.1. The molecule has 0 aliphatic heterocycles. The molecule has 0 saturated heterocycles. The molecule has 3 heteroatoms. The second-order valence-corrected chi connectivity index (χ2v) is 15.8. The fraction of sp³-hybridized carbons (Fsp3) is 0.684. The highest BCUT2D eigenvalue weighted by Crippen LogP contribution is 2.18. The lowest BCUT2D eigenvalue weighted by Gasteiger charge is -2.25. The highest BCUT2D eigenvalue weighted by Gasteiger charge is 2.24. The molecule has 0 N–H and O–H groups in total. The summed E-state index contributed by atoms with van der Waals surface area (Å²) < 4.78 is 6.22. The van der Waals surface area contributed by atoms with Crippen molar-refractivity contribution in [3.63, 3.8) is 0 Å². The van der Waals surface area contributed by atoms with Gasteiger partial charge in [0.1, 0.15) is 8.07 Å². The number of rotatable bonds is 5. The Bertz CT molecular complexity index is 478. The summed E-state index contributed by atoms with van der Waals surface area (Å²) in [5.74, 6) is 6.67. The van der Waals surface area contributed by atoms with E-state index >= 15 is 0 Å². The largest absolute Gasteiger partial charge is 0.399 e. The van der Waals surface area contributed by atoms with E-state index in [9.17, 15) is 0 Å². The molecule has 1 nitrogen and oxygen atoms in total. The van der Waals surface area contributed by atoms with Crippen LogP contribution in [0, 0.1) is 22.9 Å². The Kier molecular flexibility index (Phi) is 8.25. The van der Waals surface area contributed by atoms with E-state index in [4.69, 9.17) is 4.43 Å². The Hall–Kier alpha value is -0.746. The molecule has 0 bridgehead atoms. The van der Waals surface area contributed by atoms with Crippen LogP contribution in [0.2, 0.25) is 32.7 Å². The fourth-order valence-electron chi connectivity index (χ4n) is 2.32. The van der Waals surface area contributed by atoms with Crippen LogP contribution in [0.4, 0.5) is 0 Å². The summed E-state index contributed by atoms with van der Waals surface area (Å²) in [7, 11) is -3.01. The number of unbranched alkanes of at least 4 members (excludes halogenated alkanes) is 3. The second-order valence-electron chi connectivity index (χ2n) is 7.59. The molecule has 0 aromatic carbocycles. The van der Waals surface area contributed by atoms with Gasteiger partial charge < -0.3 is 4.43 Å². The Labute approximate surface area is 140 Å². The minimum Gasteiger partial charge on any atom is -0.399 e. The molecule has 0 amide bonds. The zero-order chi connectivity index (χ0) is 16.5. The minimum absolute atomic E-state index is 0.307. The van der Waals surface area contributed by atoms with Crippen molar-refractivity contribution in [2.75, 3.05) is 0 Å². The Morgan fingerprint density at radius 1 is 1.00 bits per heavy atom. The third-order valence-electron chi connectivity index (χ3n) is 3.36. The highest BCUT2D eigenvalue weighted by molar-refractivity contribution is 6.83. The minimum atomic E-state index is -1.83. The van der Waals surface area contributed by atoms with E-state index in [-0.39, 0.29) is 0 Å². The molecule has 0 fully saturated rings. The number of hydrogen-bond donors (Lipinski definition) is 0. The average molecular weight is 333 g/mol. The van der Waals surface area contributed by atoms with Gasteiger partial charge in [-0.25, -0.2) is 0 Å². The van der Waals surface area contributed by atoms with Crippen molar-refractivity contribution in [3.05, 3.63) is 12.2 Å². The topological polar surface area (TPSA) is 9.23 Å². The zero-order valence-electron chi connectivity index (χ0n) is 15.1. The van der Waals surface area contributed by atoms with Crippen molar-refractivity contribution < 1.29 is 4.43 Å². The van der Waals surface area contributed by atoms with Crippen molar-refractivity contribution in [1.29, 1.82) is 0 Å². The van der Waals surface area contributed by atoms with Gasteiger partial charge in [0.25, 0.3) is 8.32 Å². The molecule has 0 radical (unpaired) electrons. The van der Waals surface area contributed by atoms with Gasteiger partial charge in [-0.3, -0.25) is 0 Å². The molecule has 0 unspecified atom stereocenters. The van der Waals surface area contributed by atoms with Gasteiger partial charge in [-0.15, -0.1) is 17.4 Å². The lowest BCUT2D eigenvalue weighted by Crippen LogP contribution is -2.34. The lowest BCUT2D eigenvalue weighted by molar-refractivity contribution is 0.226. The van der Waals surface area contributed by atoms with Gasteiger partial charge in [-0.2, -0.15) is 0 Å². The summed E-state index contributed by atoms with van der Waals surface area (Å²) in [6.45, 7) is 11.3. The Morgan fingerprint density at radius 2 is 1.64 bits per heavy atom. The van der Waals surface area contributed by atoms with Crippen molar-refractivity contribution in [2.24, 2.45) is 0 Å². The van der Waals surface area contributed by atoms with Crippen LogP contribution in [0.25, 0.3) is 0 Å². The van der Waals surface area contributed by atoms with Crippen LogP contribution in [-0.4, -0.2) is 22.5 Å². The molecule has 0 heterocycles. The molecule has 22 heavy (non-hydrogen) atoms. The van der Waals surface area contributed by atoms with Crippen molar-refractivity contribution in [3.8, 4) is 22.9 Å². The van der Waals surface area contributed by atoms with Crippen molar-refractivity contribution in [2.45, 2.75) is 83.8 Å². The first-order chi connectivity index (χ1) is 10.3. The van der Waals surface area contributed by atoms with Crippen LogP contribution in [0.1, 0.15) is 44.9 Å². The molecule has 1 rings (SSSR count). The summed E-state index contributed by atoms with van der Waals surface area (Å²) in [4.78, 5) is 0. The SMILES string of the molecule is C[Si](C)(C)C#CCCCCC#C[Si](C)(C)O[C@@H]1C=CCCC1. The summed E-state index contributed by atoms with van der Waals surface area (Å²) in [5, 5.41) is 0. The van der Waals surface area contributed by atoms with Gasteiger partial charge in [0, 0.05) is 12.8 Å². The third kappa shape index (κ3) is 10.1. The monoisotopic (exact) mass is 332 g/mol. The quantitative estimate of drug-likeness (QED) is 0.287. The predicted octanol–water partition coefficient (Wildman–Crippen LogP) is 5.30. The zero-order valence-corrected chi connectivity index (χ0v) is 17.1.